The van der Waals surface area contributed by atoms with E-state index in [-0.39, 0.29) is 24.8 Å². The molecule has 1 aliphatic rings. The van der Waals surface area contributed by atoms with Crippen LogP contribution in [0.2, 0.25) is 0 Å². The Hall–Kier alpha value is -0.540. The number of aryl methyl sites for hydroxylation is 2. The van der Waals surface area contributed by atoms with E-state index in [1.54, 1.807) is 0 Å². The highest BCUT2D eigenvalue weighted by molar-refractivity contribution is 5.85. The molecule has 1 atom stereocenters. The van der Waals surface area contributed by atoms with E-state index in [1.807, 2.05) is 6.08 Å². The van der Waals surface area contributed by atoms with Gasteiger partial charge in [0.2, 0.25) is 0 Å². The summed E-state index contributed by atoms with van der Waals surface area (Å²) in [6.45, 7) is 12.8. The number of benzene rings is 1. The molecule has 0 spiro atoms. The van der Waals surface area contributed by atoms with Gasteiger partial charge in [-0.25, -0.2) is 0 Å². The molecule has 1 heterocycles. The van der Waals surface area contributed by atoms with Crippen LogP contribution in [-0.2, 0) is 0 Å². The fourth-order valence-electron chi connectivity index (χ4n) is 2.82. The van der Waals surface area contributed by atoms with Crippen LogP contribution in [0.15, 0.2) is 30.9 Å². The van der Waals surface area contributed by atoms with Crippen molar-refractivity contribution in [2.24, 2.45) is 0 Å². The van der Waals surface area contributed by atoms with E-state index >= 15 is 0 Å². The lowest BCUT2D eigenvalue weighted by atomic mass is 9.95. The van der Waals surface area contributed by atoms with Gasteiger partial charge in [-0.1, -0.05) is 29.8 Å². The Balaban J connectivity index is 0.00000180. The second kappa shape index (κ2) is 9.41. The van der Waals surface area contributed by atoms with Crippen molar-refractivity contribution in [3.05, 3.63) is 47.5 Å². The van der Waals surface area contributed by atoms with E-state index < -0.39 is 0 Å². The number of halogens is 2. The van der Waals surface area contributed by atoms with Crippen molar-refractivity contribution in [3.63, 3.8) is 0 Å². The molecule has 1 saturated heterocycles. The highest BCUT2D eigenvalue weighted by atomic mass is 35.5. The molecule has 20 heavy (non-hydrogen) atoms. The van der Waals surface area contributed by atoms with E-state index in [9.17, 15) is 0 Å². The number of rotatable bonds is 4. The van der Waals surface area contributed by atoms with Crippen LogP contribution in [0.25, 0.3) is 0 Å². The van der Waals surface area contributed by atoms with Crippen LogP contribution >= 0.6 is 24.8 Å². The first-order chi connectivity index (χ1) is 8.72. The molecule has 114 valence electrons. The van der Waals surface area contributed by atoms with E-state index in [4.69, 9.17) is 0 Å². The average molecular weight is 317 g/mol. The van der Waals surface area contributed by atoms with Crippen LogP contribution in [0.4, 0.5) is 0 Å². The van der Waals surface area contributed by atoms with Crippen LogP contribution in [0.5, 0.6) is 0 Å². The summed E-state index contributed by atoms with van der Waals surface area (Å²) < 4.78 is 0. The molecule has 0 saturated carbocycles. The van der Waals surface area contributed by atoms with Gasteiger partial charge in [-0.05, 0) is 31.4 Å². The van der Waals surface area contributed by atoms with Gasteiger partial charge in [-0.2, -0.15) is 0 Å². The minimum Gasteiger partial charge on any atom is -0.314 e. The molecule has 1 fully saturated rings. The van der Waals surface area contributed by atoms with Gasteiger partial charge in [0.15, 0.2) is 0 Å². The maximum atomic E-state index is 3.93. The van der Waals surface area contributed by atoms with E-state index in [0.717, 1.165) is 32.6 Å². The zero-order chi connectivity index (χ0) is 13.0. The van der Waals surface area contributed by atoms with Crippen LogP contribution in [-0.4, -0.2) is 31.1 Å². The SMILES string of the molecule is C=CC[C@H](c1ccc(C)cc1C)N1CCNCC1.Cl.Cl. The van der Waals surface area contributed by atoms with Crippen LogP contribution in [0, 0.1) is 13.8 Å². The smallest absolute Gasteiger partial charge is 0.0386 e. The molecular weight excluding hydrogens is 291 g/mol. The quantitative estimate of drug-likeness (QED) is 0.853. The Kier molecular flexibility index (Phi) is 9.15. The summed E-state index contributed by atoms with van der Waals surface area (Å²) in [4.78, 5) is 2.58. The molecule has 0 amide bonds. The van der Waals surface area contributed by atoms with Crippen molar-refractivity contribution in [2.75, 3.05) is 26.2 Å². The Morgan fingerprint density at radius 3 is 2.45 bits per heavy atom. The summed E-state index contributed by atoms with van der Waals surface area (Å²) in [5, 5.41) is 3.42. The fourth-order valence-corrected chi connectivity index (χ4v) is 2.82. The Morgan fingerprint density at radius 1 is 1.25 bits per heavy atom. The minimum atomic E-state index is 0. The van der Waals surface area contributed by atoms with Crippen LogP contribution in [0.1, 0.15) is 29.2 Å². The van der Waals surface area contributed by atoms with Gasteiger partial charge in [0, 0.05) is 32.2 Å². The van der Waals surface area contributed by atoms with Gasteiger partial charge in [0.1, 0.15) is 0 Å². The molecule has 0 aromatic heterocycles. The van der Waals surface area contributed by atoms with Crippen molar-refractivity contribution in [3.8, 4) is 0 Å². The summed E-state index contributed by atoms with van der Waals surface area (Å²) in [6.07, 6.45) is 3.08. The van der Waals surface area contributed by atoms with Gasteiger partial charge in [-0.3, -0.25) is 4.90 Å². The second-order valence-electron chi connectivity index (χ2n) is 5.19. The van der Waals surface area contributed by atoms with Crippen LogP contribution < -0.4 is 5.32 Å². The first kappa shape index (κ1) is 19.5. The molecule has 1 N–H and O–H groups in total. The maximum absolute atomic E-state index is 3.93. The summed E-state index contributed by atoms with van der Waals surface area (Å²) in [5.41, 5.74) is 4.21. The number of nitrogens with zero attached hydrogens (tertiary/aromatic N) is 1. The number of hydrogen-bond acceptors (Lipinski definition) is 2. The predicted octanol–water partition coefficient (Wildman–Crippen LogP) is 3.67. The highest BCUT2D eigenvalue weighted by Gasteiger charge is 2.22. The Bertz CT molecular complexity index is 415. The topological polar surface area (TPSA) is 15.3 Å². The summed E-state index contributed by atoms with van der Waals surface area (Å²) in [5.74, 6) is 0. The molecule has 0 unspecified atom stereocenters. The van der Waals surface area contributed by atoms with E-state index in [0.29, 0.717) is 6.04 Å². The molecule has 0 aliphatic carbocycles. The molecule has 4 heteroatoms. The molecule has 1 aromatic rings. The first-order valence-electron chi connectivity index (χ1n) is 6.85. The molecule has 2 nitrogen and oxygen atoms in total. The average Bonchev–Trinajstić information content (AvgIpc) is 2.38. The van der Waals surface area contributed by atoms with Gasteiger partial charge < -0.3 is 5.32 Å². The summed E-state index contributed by atoms with van der Waals surface area (Å²) >= 11 is 0. The van der Waals surface area contributed by atoms with Crippen molar-refractivity contribution in [2.45, 2.75) is 26.3 Å². The lowest BCUT2D eigenvalue weighted by Crippen LogP contribution is -2.45. The third kappa shape index (κ3) is 4.78. The third-order valence-electron chi connectivity index (χ3n) is 3.77. The predicted molar refractivity (Wildman–Crippen MR) is 92.4 cm³/mol. The number of hydrogen-bond donors (Lipinski definition) is 1. The van der Waals surface area contributed by atoms with Crippen molar-refractivity contribution in [1.82, 2.24) is 10.2 Å². The normalized spacial score (nSPS) is 16.7. The molecule has 1 aromatic carbocycles. The molecular formula is C16H26Cl2N2. The molecule has 2 rings (SSSR count). The van der Waals surface area contributed by atoms with Gasteiger partial charge >= 0.3 is 0 Å². The largest absolute Gasteiger partial charge is 0.314 e. The fraction of sp³-hybridized carbons (Fsp3) is 0.500. The lowest BCUT2D eigenvalue weighted by Gasteiger charge is -2.35. The Morgan fingerprint density at radius 2 is 1.90 bits per heavy atom. The third-order valence-corrected chi connectivity index (χ3v) is 3.77. The number of nitrogens with one attached hydrogen (secondary N) is 1. The zero-order valence-electron chi connectivity index (χ0n) is 12.4. The van der Waals surface area contributed by atoms with Gasteiger partial charge in [0.05, 0.1) is 0 Å². The minimum absolute atomic E-state index is 0. The highest BCUT2D eigenvalue weighted by Crippen LogP contribution is 2.28. The van der Waals surface area contributed by atoms with Gasteiger partial charge in [0.25, 0.3) is 0 Å². The van der Waals surface area contributed by atoms with E-state index in [1.165, 1.54) is 16.7 Å². The summed E-state index contributed by atoms with van der Waals surface area (Å²) in [6, 6.07) is 7.29. The van der Waals surface area contributed by atoms with Gasteiger partial charge in [-0.15, -0.1) is 31.4 Å². The van der Waals surface area contributed by atoms with Crippen LogP contribution in [0.3, 0.4) is 0 Å². The second-order valence-corrected chi connectivity index (χ2v) is 5.19. The molecule has 0 bridgehead atoms. The number of piperazine rings is 1. The van der Waals surface area contributed by atoms with E-state index in [2.05, 4.69) is 48.8 Å². The monoisotopic (exact) mass is 316 g/mol. The standard InChI is InChI=1S/C16H24N2.2ClH/c1-4-5-16(18-10-8-17-9-11-18)15-7-6-13(2)12-14(15)3;;/h4,6-7,12,16-17H,1,5,8-11H2,2-3H3;2*1H/t16-;;/m1../s1. The molecule has 1 aliphatic heterocycles. The zero-order valence-corrected chi connectivity index (χ0v) is 14.0. The first-order valence-corrected chi connectivity index (χ1v) is 6.85. The Labute approximate surface area is 135 Å². The van der Waals surface area contributed by atoms with Crippen molar-refractivity contribution in [1.29, 1.82) is 0 Å². The van der Waals surface area contributed by atoms with Crippen molar-refractivity contribution < 1.29 is 0 Å². The molecule has 0 radical (unpaired) electrons. The summed E-state index contributed by atoms with van der Waals surface area (Å²) in [7, 11) is 0. The lowest BCUT2D eigenvalue weighted by molar-refractivity contribution is 0.174. The van der Waals surface area contributed by atoms with Crippen molar-refractivity contribution >= 4 is 24.8 Å². The maximum Gasteiger partial charge on any atom is 0.0386 e.